The van der Waals surface area contributed by atoms with Gasteiger partial charge in [-0.15, -0.1) is 0 Å². The fraction of sp³-hybridized carbons (Fsp3) is 0.857. The lowest BCUT2D eigenvalue weighted by Crippen LogP contribution is -2.17. The van der Waals surface area contributed by atoms with Gasteiger partial charge in [-0.2, -0.15) is 0 Å². The summed E-state index contributed by atoms with van der Waals surface area (Å²) in [5.41, 5.74) is 0. The van der Waals surface area contributed by atoms with Gasteiger partial charge < -0.3 is 0 Å². The normalized spacial score (nSPS) is 20.3. The predicted octanol–water partition coefficient (Wildman–Crippen LogP) is 2.65. The fourth-order valence-corrected chi connectivity index (χ4v) is 0.945. The summed E-state index contributed by atoms with van der Waals surface area (Å²) in [7, 11) is 0. The Hall–Kier alpha value is -0.140. The van der Waals surface area contributed by atoms with Crippen molar-refractivity contribution < 1.29 is 8.78 Å². The van der Waals surface area contributed by atoms with Gasteiger partial charge in [-0.25, -0.2) is 8.78 Å². The molecule has 0 unspecified atom stereocenters. The van der Waals surface area contributed by atoms with Crippen LogP contribution in [0.1, 0.15) is 25.7 Å². The highest BCUT2D eigenvalue weighted by molar-refractivity contribution is 4.87. The van der Waals surface area contributed by atoms with E-state index in [2.05, 4.69) is 6.92 Å². The molecule has 0 saturated heterocycles. The molecular weight excluding hydrogens is 122 g/mol. The van der Waals surface area contributed by atoms with Crippen molar-refractivity contribution in [3.05, 3.63) is 6.92 Å². The first-order valence-corrected chi connectivity index (χ1v) is 3.34. The van der Waals surface area contributed by atoms with Gasteiger partial charge >= 0.3 is 0 Å². The molecule has 0 atom stereocenters. The quantitative estimate of drug-likeness (QED) is 0.555. The van der Waals surface area contributed by atoms with Gasteiger partial charge in [0.1, 0.15) is 0 Å². The largest absolute Gasteiger partial charge is 0.250 e. The molecule has 0 spiro atoms. The third-order valence-electron chi connectivity index (χ3n) is 1.68. The van der Waals surface area contributed by atoms with Crippen LogP contribution in [-0.4, -0.2) is 5.92 Å². The molecule has 1 radical (unpaired) electrons. The molecule has 1 aliphatic rings. The van der Waals surface area contributed by atoms with Gasteiger partial charge in [0, 0.05) is 12.3 Å². The minimum absolute atomic E-state index is 0.0301. The molecule has 0 heterocycles. The third-order valence-corrected chi connectivity index (χ3v) is 1.68. The maximum Gasteiger partial charge on any atom is 0.250 e. The Bertz CT molecular complexity index is 95.1. The predicted molar refractivity (Wildman–Crippen MR) is 32.3 cm³/mol. The second-order valence-corrected chi connectivity index (χ2v) is 2.64. The van der Waals surface area contributed by atoms with Crippen molar-refractivity contribution in [2.45, 2.75) is 31.6 Å². The average molecular weight is 133 g/mol. The van der Waals surface area contributed by atoms with Gasteiger partial charge in [0.15, 0.2) is 0 Å². The molecule has 0 nitrogen and oxygen atoms in total. The van der Waals surface area contributed by atoms with Crippen LogP contribution in [0.5, 0.6) is 0 Å². The summed E-state index contributed by atoms with van der Waals surface area (Å²) in [4.78, 5) is 0. The molecule has 9 heavy (non-hydrogen) atoms. The summed E-state index contributed by atoms with van der Waals surface area (Å²) in [5, 5.41) is 0. The summed E-state index contributed by atoms with van der Waals surface area (Å²) in [6.45, 7) is 3.40. The SMILES string of the molecule is [CH2]CCC(F)(F)C1CC1. The van der Waals surface area contributed by atoms with Crippen LogP contribution < -0.4 is 0 Å². The van der Waals surface area contributed by atoms with Gasteiger partial charge in [0.05, 0.1) is 0 Å². The monoisotopic (exact) mass is 133 g/mol. The maximum atomic E-state index is 12.6. The minimum Gasteiger partial charge on any atom is -0.207 e. The zero-order valence-corrected chi connectivity index (χ0v) is 5.37. The smallest absolute Gasteiger partial charge is 0.207 e. The first kappa shape index (κ1) is 6.97. The van der Waals surface area contributed by atoms with Crippen molar-refractivity contribution >= 4 is 0 Å². The number of rotatable bonds is 3. The highest BCUT2D eigenvalue weighted by Crippen LogP contribution is 2.45. The van der Waals surface area contributed by atoms with Crippen molar-refractivity contribution in [3.63, 3.8) is 0 Å². The molecule has 1 aliphatic carbocycles. The van der Waals surface area contributed by atoms with Gasteiger partial charge in [0.25, 0.3) is 5.92 Å². The molecule has 0 N–H and O–H groups in total. The van der Waals surface area contributed by atoms with Gasteiger partial charge in [-0.05, 0) is 19.3 Å². The summed E-state index contributed by atoms with van der Waals surface area (Å²) in [6.07, 6.45) is 1.75. The Kier molecular flexibility index (Phi) is 1.73. The number of hydrogen-bond acceptors (Lipinski definition) is 0. The molecule has 0 aromatic rings. The second-order valence-electron chi connectivity index (χ2n) is 2.64. The second kappa shape index (κ2) is 2.24. The van der Waals surface area contributed by atoms with Crippen LogP contribution in [0, 0.1) is 12.8 Å². The van der Waals surface area contributed by atoms with E-state index in [1.54, 1.807) is 0 Å². The molecule has 0 bridgehead atoms. The molecule has 1 rings (SSSR count). The van der Waals surface area contributed by atoms with E-state index in [1.807, 2.05) is 0 Å². The van der Waals surface area contributed by atoms with E-state index in [0.717, 1.165) is 0 Å². The molecule has 0 aliphatic heterocycles. The Balaban J connectivity index is 2.30. The van der Waals surface area contributed by atoms with Crippen molar-refractivity contribution in [2.75, 3.05) is 0 Å². The Labute approximate surface area is 54.3 Å². The molecule has 53 valence electrons. The number of hydrogen-bond donors (Lipinski definition) is 0. The van der Waals surface area contributed by atoms with Crippen molar-refractivity contribution in [2.24, 2.45) is 5.92 Å². The van der Waals surface area contributed by atoms with Crippen molar-refractivity contribution in [1.29, 1.82) is 0 Å². The fourth-order valence-electron chi connectivity index (χ4n) is 0.945. The van der Waals surface area contributed by atoms with Crippen LogP contribution in [0.25, 0.3) is 0 Å². The van der Waals surface area contributed by atoms with E-state index in [0.29, 0.717) is 19.3 Å². The summed E-state index contributed by atoms with van der Waals surface area (Å²) in [5.74, 6) is -2.71. The minimum atomic E-state index is -2.40. The summed E-state index contributed by atoms with van der Waals surface area (Å²) in [6, 6.07) is 0. The molecule has 1 saturated carbocycles. The molecule has 0 aromatic carbocycles. The van der Waals surface area contributed by atoms with E-state index in [1.165, 1.54) is 0 Å². The Morgan fingerprint density at radius 2 is 2.00 bits per heavy atom. The lowest BCUT2D eigenvalue weighted by molar-refractivity contribution is -0.0296. The average Bonchev–Trinajstić information content (AvgIpc) is 2.41. The first-order chi connectivity index (χ1) is 4.17. The van der Waals surface area contributed by atoms with E-state index in [4.69, 9.17) is 0 Å². The molecule has 0 aromatic heterocycles. The standard InChI is InChI=1S/C7H11F2/c1-2-5-7(8,9)6-3-4-6/h6H,1-5H2. The van der Waals surface area contributed by atoms with Crippen LogP contribution >= 0.6 is 0 Å². The van der Waals surface area contributed by atoms with Crippen LogP contribution in [0.15, 0.2) is 0 Å². The number of halogens is 2. The van der Waals surface area contributed by atoms with Crippen LogP contribution in [-0.2, 0) is 0 Å². The zero-order chi connectivity index (χ0) is 6.91. The van der Waals surface area contributed by atoms with Crippen LogP contribution in [0.2, 0.25) is 0 Å². The van der Waals surface area contributed by atoms with Crippen LogP contribution in [0.3, 0.4) is 0 Å². The number of alkyl halides is 2. The van der Waals surface area contributed by atoms with E-state index in [-0.39, 0.29) is 12.3 Å². The van der Waals surface area contributed by atoms with E-state index < -0.39 is 5.92 Å². The van der Waals surface area contributed by atoms with Crippen LogP contribution in [0.4, 0.5) is 8.78 Å². The van der Waals surface area contributed by atoms with Crippen molar-refractivity contribution in [3.8, 4) is 0 Å². The van der Waals surface area contributed by atoms with Gasteiger partial charge in [-0.3, -0.25) is 0 Å². The van der Waals surface area contributed by atoms with Crippen molar-refractivity contribution in [1.82, 2.24) is 0 Å². The lowest BCUT2D eigenvalue weighted by Gasteiger charge is -2.12. The van der Waals surface area contributed by atoms with E-state index >= 15 is 0 Å². The molecule has 1 fully saturated rings. The third kappa shape index (κ3) is 1.63. The topological polar surface area (TPSA) is 0 Å². The highest BCUT2D eigenvalue weighted by atomic mass is 19.3. The molecule has 0 amide bonds. The molecular formula is C7H11F2. The Morgan fingerprint density at radius 3 is 2.33 bits per heavy atom. The molecule has 2 heteroatoms. The maximum absolute atomic E-state index is 12.6. The van der Waals surface area contributed by atoms with E-state index in [9.17, 15) is 8.78 Å². The highest BCUT2D eigenvalue weighted by Gasteiger charge is 2.45. The zero-order valence-electron chi connectivity index (χ0n) is 5.37. The van der Waals surface area contributed by atoms with Gasteiger partial charge in [0.2, 0.25) is 0 Å². The Morgan fingerprint density at radius 1 is 1.44 bits per heavy atom. The summed E-state index contributed by atoms with van der Waals surface area (Å²) < 4.78 is 25.1. The summed E-state index contributed by atoms with van der Waals surface area (Å²) >= 11 is 0. The lowest BCUT2D eigenvalue weighted by atomic mass is 10.1. The van der Waals surface area contributed by atoms with Gasteiger partial charge in [-0.1, -0.05) is 6.92 Å². The first-order valence-electron chi connectivity index (χ1n) is 3.34.